The topological polar surface area (TPSA) is 52.2 Å². The Kier molecular flexibility index (Phi) is 8.83. The summed E-state index contributed by atoms with van der Waals surface area (Å²) in [5, 5.41) is 12.6. The Balaban J connectivity index is 0. The van der Waals surface area contributed by atoms with Gasteiger partial charge in [-0.1, -0.05) is 6.92 Å². The first kappa shape index (κ1) is 12.1. The molecule has 4 heteroatoms. The van der Waals surface area contributed by atoms with Gasteiger partial charge in [-0.15, -0.1) is 0 Å². The van der Waals surface area contributed by atoms with Gasteiger partial charge in [-0.25, -0.2) is 0 Å². The molecule has 9 heavy (non-hydrogen) atoms. The zero-order valence-electron chi connectivity index (χ0n) is 6.10. The normalized spacial score (nSPS) is 11.8. The molecule has 0 bridgehead atoms. The summed E-state index contributed by atoms with van der Waals surface area (Å²) in [6.07, 6.45) is 0. The van der Waals surface area contributed by atoms with E-state index in [0.29, 0.717) is 6.54 Å². The smallest absolute Gasteiger partial charge is 0.548 e. The molecule has 0 saturated heterocycles. The number of rotatable bonds is 3. The first-order chi connectivity index (χ1) is 3.68. The number of carbonyl (C=O) groups is 1. The monoisotopic (exact) mass is 139 g/mol. The quantitative estimate of drug-likeness (QED) is 0.403. The third-order valence-corrected chi connectivity index (χ3v) is 0.864. The van der Waals surface area contributed by atoms with Gasteiger partial charge in [0.15, 0.2) is 0 Å². The van der Waals surface area contributed by atoms with Crippen LogP contribution in [0.15, 0.2) is 0 Å². The van der Waals surface area contributed by atoms with Crippen molar-refractivity contribution >= 4 is 5.97 Å². The van der Waals surface area contributed by atoms with Crippen LogP contribution < -0.4 is 40.0 Å². The van der Waals surface area contributed by atoms with Crippen LogP contribution >= 0.6 is 0 Å². The molecule has 3 nitrogen and oxygen atoms in total. The summed E-state index contributed by atoms with van der Waals surface area (Å²) < 4.78 is 0. The van der Waals surface area contributed by atoms with Crippen molar-refractivity contribution in [2.45, 2.75) is 19.9 Å². The van der Waals surface area contributed by atoms with E-state index in [9.17, 15) is 9.90 Å². The Hall–Kier alpha value is 0.430. The molecule has 0 aliphatic heterocycles. The number of likely N-dealkylation sites (N-methyl/N-ethyl adjacent to an activating group) is 1. The van der Waals surface area contributed by atoms with Crippen LogP contribution in [-0.4, -0.2) is 18.6 Å². The third kappa shape index (κ3) is 6.31. The summed E-state index contributed by atoms with van der Waals surface area (Å²) in [7, 11) is 0. The Morgan fingerprint density at radius 1 is 1.78 bits per heavy atom. The van der Waals surface area contributed by atoms with E-state index < -0.39 is 12.0 Å². The van der Waals surface area contributed by atoms with E-state index in [-0.39, 0.29) is 29.6 Å². The van der Waals surface area contributed by atoms with Gasteiger partial charge in [0.05, 0.1) is 5.97 Å². The largest absolute Gasteiger partial charge is 1.00 e. The molecule has 0 radical (unpaired) electrons. The number of hydrogen-bond acceptors (Lipinski definition) is 3. The fraction of sp³-hybridized carbons (Fsp3) is 0.800. The maximum absolute atomic E-state index is 9.92. The second kappa shape index (κ2) is 6.55. The number of hydrogen-bond donors (Lipinski definition) is 1. The van der Waals surface area contributed by atoms with Crippen LogP contribution in [0.4, 0.5) is 0 Å². The van der Waals surface area contributed by atoms with Gasteiger partial charge in [0.2, 0.25) is 0 Å². The second-order valence-electron chi connectivity index (χ2n) is 1.60. The molecule has 0 aromatic heterocycles. The molecular weight excluding hydrogens is 129 g/mol. The van der Waals surface area contributed by atoms with E-state index in [1.165, 1.54) is 0 Å². The van der Waals surface area contributed by atoms with Crippen molar-refractivity contribution < 1.29 is 39.5 Å². The average molecular weight is 139 g/mol. The Morgan fingerprint density at radius 2 is 2.22 bits per heavy atom. The van der Waals surface area contributed by atoms with Crippen LogP contribution in [0.25, 0.3) is 0 Å². The van der Waals surface area contributed by atoms with Gasteiger partial charge in [0, 0.05) is 6.04 Å². The standard InChI is InChI=1S/C5H11NO2.Na/c1-3-6-4(2)5(7)8;/h4,6H,3H2,1-2H3,(H,7,8);/q;+1/p-1. The minimum absolute atomic E-state index is 0. The van der Waals surface area contributed by atoms with Gasteiger partial charge in [0.1, 0.15) is 0 Å². The molecule has 1 N–H and O–H groups in total. The number of carboxylic acids is 1. The molecular formula is C5H10NNaO2. The molecule has 0 fully saturated rings. The van der Waals surface area contributed by atoms with Crippen LogP contribution in [0.3, 0.4) is 0 Å². The summed E-state index contributed by atoms with van der Waals surface area (Å²) in [6.45, 7) is 4.06. The van der Waals surface area contributed by atoms with Gasteiger partial charge >= 0.3 is 29.6 Å². The molecule has 1 unspecified atom stereocenters. The van der Waals surface area contributed by atoms with E-state index in [1.54, 1.807) is 6.92 Å². The fourth-order valence-corrected chi connectivity index (χ4v) is 0.390. The summed E-state index contributed by atoms with van der Waals surface area (Å²) in [5.74, 6) is -1.05. The van der Waals surface area contributed by atoms with Gasteiger partial charge in [-0.05, 0) is 13.5 Å². The van der Waals surface area contributed by atoms with Crippen LogP contribution in [-0.2, 0) is 4.79 Å². The van der Waals surface area contributed by atoms with Crippen LogP contribution in [0.1, 0.15) is 13.8 Å². The zero-order valence-corrected chi connectivity index (χ0v) is 8.10. The molecule has 0 spiro atoms. The third-order valence-electron chi connectivity index (χ3n) is 0.864. The van der Waals surface area contributed by atoms with Gasteiger partial charge in [0.25, 0.3) is 0 Å². The second-order valence-corrected chi connectivity index (χ2v) is 1.60. The number of nitrogens with one attached hydrogen (secondary N) is 1. The maximum Gasteiger partial charge on any atom is 1.00 e. The van der Waals surface area contributed by atoms with E-state index >= 15 is 0 Å². The van der Waals surface area contributed by atoms with Crippen molar-refractivity contribution in [1.82, 2.24) is 5.32 Å². The summed E-state index contributed by atoms with van der Waals surface area (Å²) >= 11 is 0. The van der Waals surface area contributed by atoms with Crippen molar-refractivity contribution in [1.29, 1.82) is 0 Å². The van der Waals surface area contributed by atoms with E-state index in [0.717, 1.165) is 0 Å². The minimum atomic E-state index is -1.05. The average Bonchev–Trinajstić information content (AvgIpc) is 1.67. The molecule has 1 atom stereocenters. The molecule has 0 aliphatic rings. The van der Waals surface area contributed by atoms with Crippen molar-refractivity contribution in [2.24, 2.45) is 0 Å². The molecule has 0 saturated carbocycles. The van der Waals surface area contributed by atoms with Crippen LogP contribution in [0.2, 0.25) is 0 Å². The number of aliphatic carboxylic acids is 1. The molecule has 48 valence electrons. The molecule has 0 rings (SSSR count). The molecule has 0 amide bonds. The Bertz CT molecular complexity index is 87.0. The zero-order chi connectivity index (χ0) is 6.57. The molecule has 0 aliphatic carbocycles. The van der Waals surface area contributed by atoms with Gasteiger partial charge < -0.3 is 15.2 Å². The SMILES string of the molecule is CCNC(C)C(=O)[O-].[Na+]. The molecule has 0 aromatic carbocycles. The van der Waals surface area contributed by atoms with Crippen LogP contribution in [0.5, 0.6) is 0 Å². The maximum atomic E-state index is 9.92. The van der Waals surface area contributed by atoms with Crippen molar-refractivity contribution in [3.05, 3.63) is 0 Å². The Morgan fingerprint density at radius 3 is 2.33 bits per heavy atom. The molecule has 0 heterocycles. The predicted octanol–water partition coefficient (Wildman–Crippen LogP) is -4.26. The Labute approximate surface area is 77.1 Å². The van der Waals surface area contributed by atoms with E-state index in [4.69, 9.17) is 0 Å². The summed E-state index contributed by atoms with van der Waals surface area (Å²) in [5.41, 5.74) is 0. The first-order valence-electron chi connectivity index (χ1n) is 2.62. The fourth-order valence-electron chi connectivity index (χ4n) is 0.390. The van der Waals surface area contributed by atoms with E-state index in [2.05, 4.69) is 5.32 Å². The van der Waals surface area contributed by atoms with Gasteiger partial charge in [-0.3, -0.25) is 0 Å². The van der Waals surface area contributed by atoms with E-state index in [1.807, 2.05) is 6.92 Å². The number of carbonyl (C=O) groups excluding carboxylic acids is 1. The molecule has 0 aromatic rings. The predicted molar refractivity (Wildman–Crippen MR) is 28.1 cm³/mol. The van der Waals surface area contributed by atoms with Crippen molar-refractivity contribution in [2.75, 3.05) is 6.54 Å². The minimum Gasteiger partial charge on any atom is -0.548 e. The summed E-state index contributed by atoms with van der Waals surface area (Å²) in [4.78, 5) is 9.92. The van der Waals surface area contributed by atoms with Gasteiger partial charge in [-0.2, -0.15) is 0 Å². The van der Waals surface area contributed by atoms with Crippen molar-refractivity contribution in [3.63, 3.8) is 0 Å². The van der Waals surface area contributed by atoms with Crippen LogP contribution in [0, 0.1) is 0 Å². The first-order valence-corrected chi connectivity index (χ1v) is 2.62. The summed E-state index contributed by atoms with van der Waals surface area (Å²) in [6, 6.07) is -0.528. The van der Waals surface area contributed by atoms with Crippen molar-refractivity contribution in [3.8, 4) is 0 Å². The number of carboxylic acid groups (broad SMARTS) is 1.